The lowest BCUT2D eigenvalue weighted by Gasteiger charge is -2.12. The van der Waals surface area contributed by atoms with Crippen molar-refractivity contribution in [1.82, 2.24) is 5.32 Å². The lowest BCUT2D eigenvalue weighted by Crippen LogP contribution is -2.25. The summed E-state index contributed by atoms with van der Waals surface area (Å²) < 4.78 is 12.9. The zero-order chi connectivity index (χ0) is 19.6. The van der Waals surface area contributed by atoms with E-state index in [0.717, 1.165) is 23.5 Å². The Hall–Kier alpha value is -2.33. The van der Waals surface area contributed by atoms with Crippen molar-refractivity contribution in [2.24, 2.45) is 5.92 Å². The van der Waals surface area contributed by atoms with E-state index in [4.69, 9.17) is 0 Å². The maximum absolute atomic E-state index is 12.9. The maximum Gasteiger partial charge on any atom is 0.251 e. The zero-order valence-corrected chi connectivity index (χ0v) is 16.8. The number of carbonyl (C=O) groups excluding carboxylic acids is 1. The van der Waals surface area contributed by atoms with E-state index in [1.165, 1.54) is 24.1 Å². The molecule has 2 aromatic carbocycles. The van der Waals surface area contributed by atoms with E-state index in [1.807, 2.05) is 30.0 Å². The molecular weight excluding hydrogens is 369 g/mol. The van der Waals surface area contributed by atoms with Gasteiger partial charge in [-0.3, -0.25) is 4.79 Å². The molecule has 2 aromatic rings. The first-order valence-corrected chi connectivity index (χ1v) is 10.9. The lowest BCUT2D eigenvalue weighted by atomic mass is 9.98. The van der Waals surface area contributed by atoms with Gasteiger partial charge in [-0.25, -0.2) is 4.39 Å². The predicted octanol–water partition coefficient (Wildman–Crippen LogP) is 5.55. The first kappa shape index (κ1) is 20.4. The maximum atomic E-state index is 12.9. The molecule has 28 heavy (non-hydrogen) atoms. The number of nitrogens with one attached hydrogen (secondary N) is 1. The van der Waals surface area contributed by atoms with Gasteiger partial charge >= 0.3 is 0 Å². The Kier molecular flexibility index (Phi) is 7.92. The van der Waals surface area contributed by atoms with Gasteiger partial charge in [0, 0.05) is 17.9 Å². The fourth-order valence-electron chi connectivity index (χ4n) is 3.15. The second-order valence-electron chi connectivity index (χ2n) is 6.98. The Morgan fingerprint density at radius 1 is 1.11 bits per heavy atom. The van der Waals surface area contributed by atoms with Crippen LogP contribution < -0.4 is 5.32 Å². The van der Waals surface area contributed by atoms with Crippen LogP contribution >= 0.6 is 11.8 Å². The topological polar surface area (TPSA) is 29.1 Å². The van der Waals surface area contributed by atoms with Crippen LogP contribution in [0.5, 0.6) is 0 Å². The molecule has 1 N–H and O–H groups in total. The van der Waals surface area contributed by atoms with Crippen LogP contribution in [-0.4, -0.2) is 18.2 Å². The lowest BCUT2D eigenvalue weighted by molar-refractivity contribution is 0.0954. The average molecular weight is 396 g/mol. The Balaban J connectivity index is 1.40. The van der Waals surface area contributed by atoms with Gasteiger partial charge in [0.25, 0.3) is 5.91 Å². The molecule has 0 saturated heterocycles. The molecule has 2 nitrogen and oxygen atoms in total. The van der Waals surface area contributed by atoms with Crippen molar-refractivity contribution >= 4 is 17.7 Å². The first-order chi connectivity index (χ1) is 13.7. The number of halogens is 1. The first-order valence-electron chi connectivity index (χ1n) is 9.73. The molecule has 1 atom stereocenters. The van der Waals surface area contributed by atoms with E-state index in [9.17, 15) is 9.18 Å². The number of carbonyl (C=O) groups is 1. The zero-order valence-electron chi connectivity index (χ0n) is 15.9. The quantitative estimate of drug-likeness (QED) is 0.564. The molecule has 0 fully saturated rings. The molecule has 0 aliphatic heterocycles. The van der Waals surface area contributed by atoms with Gasteiger partial charge in [0.05, 0.1) is 0 Å². The minimum atomic E-state index is -0.241. The van der Waals surface area contributed by atoms with Crippen LogP contribution in [0, 0.1) is 11.7 Å². The molecule has 0 radical (unpaired) electrons. The van der Waals surface area contributed by atoms with Crippen LogP contribution in [0.25, 0.3) is 0 Å². The van der Waals surface area contributed by atoms with Gasteiger partial charge < -0.3 is 5.32 Å². The molecule has 0 spiro atoms. The van der Waals surface area contributed by atoms with Gasteiger partial charge in [-0.05, 0) is 66.3 Å². The molecule has 0 heterocycles. The Bertz CT molecular complexity index is 829. The summed E-state index contributed by atoms with van der Waals surface area (Å²) in [5.41, 5.74) is 2.88. The molecular formula is C24H26FNOS. The number of hydrogen-bond donors (Lipinski definition) is 1. The van der Waals surface area contributed by atoms with E-state index in [0.29, 0.717) is 24.4 Å². The summed E-state index contributed by atoms with van der Waals surface area (Å²) >= 11 is 1.92. The monoisotopic (exact) mass is 395 g/mol. The highest BCUT2D eigenvalue weighted by Crippen LogP contribution is 2.21. The van der Waals surface area contributed by atoms with Crippen LogP contribution in [0.15, 0.2) is 72.8 Å². The highest BCUT2D eigenvalue weighted by atomic mass is 32.2. The minimum Gasteiger partial charge on any atom is -0.352 e. The van der Waals surface area contributed by atoms with Crippen LogP contribution in [0.3, 0.4) is 0 Å². The molecule has 0 aromatic heterocycles. The fourth-order valence-corrected chi connectivity index (χ4v) is 4.18. The Morgan fingerprint density at radius 2 is 1.96 bits per heavy atom. The summed E-state index contributed by atoms with van der Waals surface area (Å²) in [4.78, 5) is 12.4. The van der Waals surface area contributed by atoms with Gasteiger partial charge in [0.1, 0.15) is 5.82 Å². The van der Waals surface area contributed by atoms with Gasteiger partial charge in [-0.2, -0.15) is 11.8 Å². The average Bonchev–Trinajstić information content (AvgIpc) is 2.73. The second kappa shape index (κ2) is 10.9. The number of hydrogen-bond acceptors (Lipinski definition) is 2. The van der Waals surface area contributed by atoms with Crippen LogP contribution in [0.1, 0.15) is 34.3 Å². The number of thioether (sulfide) groups is 1. The number of benzene rings is 2. The minimum absolute atomic E-state index is 0.0620. The van der Waals surface area contributed by atoms with E-state index < -0.39 is 0 Å². The SMILES string of the molecule is O=C(NCCc1ccc(F)cc1)c1cccc(CSCCC2C=CC=CC2)c1. The van der Waals surface area contributed by atoms with E-state index in [1.54, 1.807) is 12.1 Å². The molecule has 1 unspecified atom stereocenters. The van der Waals surface area contributed by atoms with Crippen molar-refractivity contribution in [2.45, 2.75) is 25.0 Å². The van der Waals surface area contributed by atoms with Gasteiger partial charge in [0.2, 0.25) is 0 Å². The Labute approximate surface area is 170 Å². The third kappa shape index (κ3) is 6.68. The third-order valence-electron chi connectivity index (χ3n) is 4.77. The number of rotatable bonds is 9. The molecule has 0 saturated carbocycles. The summed E-state index contributed by atoms with van der Waals surface area (Å²) in [7, 11) is 0. The number of amides is 1. The molecule has 0 bridgehead atoms. The van der Waals surface area contributed by atoms with Gasteiger partial charge in [-0.1, -0.05) is 48.6 Å². The number of allylic oxidation sites excluding steroid dienone is 4. The molecule has 3 rings (SSSR count). The summed E-state index contributed by atoms with van der Waals surface area (Å²) in [6, 6.07) is 14.2. The van der Waals surface area contributed by atoms with E-state index in [-0.39, 0.29) is 11.7 Å². The van der Waals surface area contributed by atoms with Gasteiger partial charge in [-0.15, -0.1) is 0 Å². The largest absolute Gasteiger partial charge is 0.352 e. The standard InChI is InChI=1S/C24H26FNOS/c25-23-11-9-20(10-12-23)13-15-26-24(27)22-8-4-7-21(17-22)18-28-16-14-19-5-2-1-3-6-19/h1-5,7-12,17,19H,6,13-16,18H2,(H,26,27). The normalized spacial score (nSPS) is 15.5. The van der Waals surface area contributed by atoms with Crippen molar-refractivity contribution in [3.05, 3.63) is 95.3 Å². The summed E-state index contributed by atoms with van der Waals surface area (Å²) in [6.07, 6.45) is 11.8. The second-order valence-corrected chi connectivity index (χ2v) is 8.09. The molecule has 1 aliphatic rings. The van der Waals surface area contributed by atoms with Crippen molar-refractivity contribution in [2.75, 3.05) is 12.3 Å². The summed E-state index contributed by atoms with van der Waals surface area (Å²) in [5, 5.41) is 2.95. The van der Waals surface area contributed by atoms with Crippen LogP contribution in [0.2, 0.25) is 0 Å². The molecule has 4 heteroatoms. The van der Waals surface area contributed by atoms with E-state index in [2.05, 4.69) is 35.7 Å². The highest BCUT2D eigenvalue weighted by molar-refractivity contribution is 7.98. The Morgan fingerprint density at radius 3 is 2.75 bits per heavy atom. The highest BCUT2D eigenvalue weighted by Gasteiger charge is 2.08. The molecule has 1 amide bonds. The van der Waals surface area contributed by atoms with Crippen molar-refractivity contribution < 1.29 is 9.18 Å². The van der Waals surface area contributed by atoms with Crippen LogP contribution in [-0.2, 0) is 12.2 Å². The van der Waals surface area contributed by atoms with Crippen molar-refractivity contribution in [3.8, 4) is 0 Å². The fraction of sp³-hybridized carbons (Fsp3) is 0.292. The van der Waals surface area contributed by atoms with E-state index >= 15 is 0 Å². The van der Waals surface area contributed by atoms with Gasteiger partial charge in [0.15, 0.2) is 0 Å². The summed E-state index contributed by atoms with van der Waals surface area (Å²) in [5.74, 6) is 2.40. The molecule has 1 aliphatic carbocycles. The van der Waals surface area contributed by atoms with Crippen LogP contribution in [0.4, 0.5) is 4.39 Å². The third-order valence-corrected chi connectivity index (χ3v) is 5.83. The van der Waals surface area contributed by atoms with Crippen molar-refractivity contribution in [1.29, 1.82) is 0 Å². The predicted molar refractivity (Wildman–Crippen MR) is 116 cm³/mol. The summed E-state index contributed by atoms with van der Waals surface area (Å²) in [6.45, 7) is 0.535. The van der Waals surface area contributed by atoms with Crippen molar-refractivity contribution in [3.63, 3.8) is 0 Å². The smallest absolute Gasteiger partial charge is 0.251 e. The molecule has 146 valence electrons.